The molecule has 0 amide bonds. The molecule has 1 aromatic carbocycles. The Hall–Kier alpha value is -2.16. The minimum atomic E-state index is 0.189. The molecule has 1 rings (SSSR count). The molecule has 174 valence electrons. The lowest BCUT2D eigenvalue weighted by Crippen LogP contribution is -2.05. The van der Waals surface area contributed by atoms with Gasteiger partial charge in [0, 0.05) is 11.5 Å². The monoisotopic (exact) mass is 428 g/mol. The van der Waals surface area contributed by atoms with Crippen molar-refractivity contribution in [3.05, 3.63) is 65.1 Å². The highest BCUT2D eigenvalue weighted by Crippen LogP contribution is 2.33. The number of hydrogen-bond donors (Lipinski definition) is 0. The highest BCUT2D eigenvalue weighted by atomic mass is 16.5. The Balaban J connectivity index is 2.63. The molecule has 0 radical (unpaired) electrons. The van der Waals surface area contributed by atoms with Gasteiger partial charge in [-0.3, -0.25) is 0 Å². The lowest BCUT2D eigenvalue weighted by atomic mass is 9.88. The van der Waals surface area contributed by atoms with Crippen molar-refractivity contribution >= 4 is 0 Å². The summed E-state index contributed by atoms with van der Waals surface area (Å²) >= 11 is 0. The molecule has 31 heavy (non-hydrogen) atoms. The van der Waals surface area contributed by atoms with Crippen LogP contribution in [-0.4, -0.2) is 20.8 Å². The van der Waals surface area contributed by atoms with Crippen molar-refractivity contribution in [3.63, 3.8) is 0 Å². The number of ether oxygens (including phenoxy) is 3. The van der Waals surface area contributed by atoms with E-state index in [1.807, 2.05) is 19.1 Å². The van der Waals surface area contributed by atoms with Crippen LogP contribution < -0.4 is 4.74 Å². The van der Waals surface area contributed by atoms with Gasteiger partial charge in [-0.2, -0.15) is 0 Å². The van der Waals surface area contributed by atoms with Gasteiger partial charge < -0.3 is 14.2 Å². The van der Waals surface area contributed by atoms with Gasteiger partial charge in [-0.25, -0.2) is 0 Å². The number of unbranched alkanes of at least 4 members (excludes halogenated alkanes) is 7. The molecule has 0 aliphatic heterocycles. The highest BCUT2D eigenvalue weighted by Gasteiger charge is 2.18. The molecule has 0 saturated carbocycles. The van der Waals surface area contributed by atoms with Gasteiger partial charge in [-0.1, -0.05) is 70.9 Å². The van der Waals surface area contributed by atoms with Gasteiger partial charge in [0.1, 0.15) is 11.5 Å². The predicted molar refractivity (Wildman–Crippen MR) is 133 cm³/mol. The van der Waals surface area contributed by atoms with Crippen LogP contribution in [0.25, 0.3) is 0 Å². The molecule has 0 aliphatic carbocycles. The fourth-order valence-corrected chi connectivity index (χ4v) is 3.84. The smallest absolute Gasteiger partial charge is 0.119 e. The number of benzene rings is 1. The minimum absolute atomic E-state index is 0.189. The Bertz CT molecular complexity index is 683. The van der Waals surface area contributed by atoms with E-state index in [9.17, 15) is 0 Å². The molecule has 3 heteroatoms. The number of rotatable bonds is 16. The Morgan fingerprint density at radius 1 is 0.935 bits per heavy atom. The van der Waals surface area contributed by atoms with E-state index in [0.29, 0.717) is 0 Å². The normalized spacial score (nSPS) is 13.8. The molecular formula is C28H44O3. The maximum Gasteiger partial charge on any atom is 0.119 e. The highest BCUT2D eigenvalue weighted by molar-refractivity contribution is 5.44. The summed E-state index contributed by atoms with van der Waals surface area (Å²) in [6.07, 6.45) is 16.2. The van der Waals surface area contributed by atoms with Gasteiger partial charge in [0.25, 0.3) is 0 Å². The topological polar surface area (TPSA) is 27.7 Å². The summed E-state index contributed by atoms with van der Waals surface area (Å²) in [6, 6.07) is 8.47. The van der Waals surface area contributed by atoms with Crippen LogP contribution in [0.4, 0.5) is 0 Å². The molecule has 1 aromatic rings. The summed E-state index contributed by atoms with van der Waals surface area (Å²) in [6.45, 7) is 9.35. The third-order valence-electron chi connectivity index (χ3n) is 5.71. The maximum absolute atomic E-state index is 5.96. The first-order valence-electron chi connectivity index (χ1n) is 11.9. The summed E-state index contributed by atoms with van der Waals surface area (Å²) in [5, 5.41) is 0. The lowest BCUT2D eigenvalue weighted by Gasteiger charge is -2.21. The van der Waals surface area contributed by atoms with Crippen molar-refractivity contribution in [3.8, 4) is 5.75 Å². The fourth-order valence-electron chi connectivity index (χ4n) is 3.84. The first-order chi connectivity index (χ1) is 15.1. The third kappa shape index (κ3) is 10.1. The summed E-state index contributed by atoms with van der Waals surface area (Å²) in [7, 11) is 3.38. The molecule has 1 unspecified atom stereocenters. The summed E-state index contributed by atoms with van der Waals surface area (Å²) in [4.78, 5) is 0. The molecule has 0 heterocycles. The van der Waals surface area contributed by atoms with E-state index in [2.05, 4.69) is 45.0 Å². The van der Waals surface area contributed by atoms with Crippen molar-refractivity contribution in [2.45, 2.75) is 85.0 Å². The zero-order chi connectivity index (χ0) is 22.9. The van der Waals surface area contributed by atoms with Gasteiger partial charge >= 0.3 is 0 Å². The second-order valence-corrected chi connectivity index (χ2v) is 8.11. The van der Waals surface area contributed by atoms with Crippen molar-refractivity contribution in [2.75, 3.05) is 20.8 Å². The van der Waals surface area contributed by atoms with E-state index in [1.54, 1.807) is 20.5 Å². The van der Waals surface area contributed by atoms with Crippen LogP contribution in [-0.2, 0) is 9.47 Å². The van der Waals surface area contributed by atoms with Gasteiger partial charge in [-0.05, 0) is 55.7 Å². The van der Waals surface area contributed by atoms with Crippen LogP contribution in [0.3, 0.4) is 0 Å². The summed E-state index contributed by atoms with van der Waals surface area (Å²) < 4.78 is 16.7. The second kappa shape index (κ2) is 16.5. The van der Waals surface area contributed by atoms with Crippen LogP contribution in [0.1, 0.15) is 90.5 Å². The quantitative estimate of drug-likeness (QED) is 0.150. The van der Waals surface area contributed by atoms with Crippen LogP contribution in [0.2, 0.25) is 0 Å². The molecule has 0 saturated heterocycles. The standard InChI is InChI=1S/C28H44O3/c1-7-9-10-11-12-13-14-15-21-31-26-18-16-25(17-19-26)24(4)28(27(8-2)30-6)23(3)20-22-29-5/h8,16-20,22,24H,7,9-15,21H2,1-6H3/b22-20+,27-8+,28-23-. The summed E-state index contributed by atoms with van der Waals surface area (Å²) in [5.74, 6) is 2.02. The molecular weight excluding hydrogens is 384 g/mol. The average molecular weight is 429 g/mol. The fraction of sp³-hybridized carbons (Fsp3) is 0.571. The van der Waals surface area contributed by atoms with Crippen molar-refractivity contribution in [2.24, 2.45) is 0 Å². The van der Waals surface area contributed by atoms with E-state index in [1.165, 1.54) is 50.5 Å². The largest absolute Gasteiger partial charge is 0.504 e. The van der Waals surface area contributed by atoms with E-state index in [0.717, 1.165) is 35.7 Å². The Morgan fingerprint density at radius 2 is 1.55 bits per heavy atom. The van der Waals surface area contributed by atoms with Crippen LogP contribution in [0.15, 0.2) is 59.6 Å². The first-order valence-corrected chi connectivity index (χ1v) is 11.9. The Labute approximate surface area is 191 Å². The maximum atomic E-state index is 5.96. The van der Waals surface area contributed by atoms with E-state index >= 15 is 0 Å². The third-order valence-corrected chi connectivity index (χ3v) is 5.71. The minimum Gasteiger partial charge on any atom is -0.504 e. The van der Waals surface area contributed by atoms with Gasteiger partial charge in [0.2, 0.25) is 0 Å². The first kappa shape index (κ1) is 26.9. The molecule has 0 spiro atoms. The predicted octanol–water partition coefficient (Wildman–Crippen LogP) is 8.34. The SMILES string of the molecule is C\C=C(OC)/C(=C(C)\C=C\OC)C(C)c1ccc(OCCCCCCCCCC)cc1. The van der Waals surface area contributed by atoms with E-state index in [-0.39, 0.29) is 5.92 Å². The number of allylic oxidation sites excluding steroid dienone is 4. The molecule has 0 aromatic heterocycles. The zero-order valence-electron chi connectivity index (χ0n) is 20.7. The Morgan fingerprint density at radius 3 is 2.10 bits per heavy atom. The van der Waals surface area contributed by atoms with Crippen molar-refractivity contribution < 1.29 is 14.2 Å². The molecule has 0 fully saturated rings. The molecule has 1 atom stereocenters. The molecule has 0 aliphatic rings. The summed E-state index contributed by atoms with van der Waals surface area (Å²) in [5.41, 5.74) is 3.52. The van der Waals surface area contributed by atoms with Crippen LogP contribution in [0, 0.1) is 0 Å². The van der Waals surface area contributed by atoms with E-state index in [4.69, 9.17) is 14.2 Å². The number of methoxy groups -OCH3 is 2. The van der Waals surface area contributed by atoms with Crippen LogP contribution >= 0.6 is 0 Å². The van der Waals surface area contributed by atoms with Gasteiger partial charge in [-0.15, -0.1) is 0 Å². The van der Waals surface area contributed by atoms with Crippen molar-refractivity contribution in [1.82, 2.24) is 0 Å². The average Bonchev–Trinajstić information content (AvgIpc) is 2.79. The van der Waals surface area contributed by atoms with Gasteiger partial charge in [0.05, 0.1) is 27.1 Å². The zero-order valence-corrected chi connectivity index (χ0v) is 20.7. The van der Waals surface area contributed by atoms with E-state index < -0.39 is 0 Å². The Kier molecular flexibility index (Phi) is 14.3. The van der Waals surface area contributed by atoms with Crippen LogP contribution in [0.5, 0.6) is 5.75 Å². The molecule has 3 nitrogen and oxygen atoms in total. The van der Waals surface area contributed by atoms with Crippen molar-refractivity contribution in [1.29, 1.82) is 0 Å². The lowest BCUT2D eigenvalue weighted by molar-refractivity contribution is 0.295. The molecule has 0 bridgehead atoms. The second-order valence-electron chi connectivity index (χ2n) is 8.11. The van der Waals surface area contributed by atoms with Gasteiger partial charge in [0.15, 0.2) is 0 Å². The molecule has 0 N–H and O–H groups in total. The number of hydrogen-bond acceptors (Lipinski definition) is 3.